The van der Waals surface area contributed by atoms with Gasteiger partial charge in [-0.3, -0.25) is 0 Å². The average Bonchev–Trinajstić information content (AvgIpc) is 2.12. The van der Waals surface area contributed by atoms with Gasteiger partial charge >= 0.3 is 6.18 Å². The summed E-state index contributed by atoms with van der Waals surface area (Å²) < 4.78 is 49.4. The van der Waals surface area contributed by atoms with E-state index in [-0.39, 0.29) is 5.56 Å². The fourth-order valence-corrected chi connectivity index (χ4v) is 1.10. The van der Waals surface area contributed by atoms with Crippen LogP contribution in [0.2, 0.25) is 0 Å². The lowest BCUT2D eigenvalue weighted by Crippen LogP contribution is -2.07. The normalized spacial score (nSPS) is 10.7. The maximum absolute atomic E-state index is 13.0. The van der Waals surface area contributed by atoms with Crippen molar-refractivity contribution >= 4 is 15.9 Å². The second-order valence-electron chi connectivity index (χ2n) is 2.63. The molecule has 0 spiro atoms. The molecule has 0 saturated carbocycles. The first-order valence-electron chi connectivity index (χ1n) is 3.86. The second-order valence-corrected chi connectivity index (χ2v) is 3.19. The van der Waals surface area contributed by atoms with Crippen LogP contribution in [-0.2, 0) is 6.18 Å². The maximum Gasteiger partial charge on any atom is 0.419 e. The number of hydrogen-bond acceptors (Lipinski definition) is 0. The van der Waals surface area contributed by atoms with Crippen LogP contribution in [0, 0.1) is 17.7 Å². The Bertz CT molecular complexity index is 412. The molecule has 0 fully saturated rings. The minimum absolute atomic E-state index is 0.222. The van der Waals surface area contributed by atoms with Crippen molar-refractivity contribution in [2.45, 2.75) is 6.18 Å². The van der Waals surface area contributed by atoms with Gasteiger partial charge in [-0.1, -0.05) is 27.8 Å². The molecule has 1 aromatic carbocycles. The van der Waals surface area contributed by atoms with Crippen LogP contribution in [0.4, 0.5) is 17.6 Å². The average molecular weight is 281 g/mol. The summed E-state index contributed by atoms with van der Waals surface area (Å²) in [6.45, 7) is 0. The Morgan fingerprint density at radius 1 is 1.27 bits per heavy atom. The van der Waals surface area contributed by atoms with Crippen molar-refractivity contribution in [2.24, 2.45) is 0 Å². The van der Waals surface area contributed by atoms with Gasteiger partial charge in [-0.15, -0.1) is 0 Å². The monoisotopic (exact) mass is 280 g/mol. The predicted molar refractivity (Wildman–Crippen MR) is 52.1 cm³/mol. The summed E-state index contributed by atoms with van der Waals surface area (Å²) in [5, 5.41) is 0.385. The van der Waals surface area contributed by atoms with E-state index in [1.807, 2.05) is 0 Å². The van der Waals surface area contributed by atoms with E-state index in [2.05, 4.69) is 27.8 Å². The molecule has 0 heterocycles. The summed E-state index contributed by atoms with van der Waals surface area (Å²) in [4.78, 5) is 0. The lowest BCUT2D eigenvalue weighted by atomic mass is 10.1. The van der Waals surface area contributed by atoms with Crippen LogP contribution in [0.3, 0.4) is 0 Å². The van der Waals surface area contributed by atoms with E-state index >= 15 is 0 Å². The topological polar surface area (TPSA) is 0 Å². The molecule has 0 aliphatic carbocycles. The van der Waals surface area contributed by atoms with Crippen molar-refractivity contribution in [3.8, 4) is 11.8 Å². The van der Waals surface area contributed by atoms with Crippen molar-refractivity contribution in [1.29, 1.82) is 0 Å². The first kappa shape index (κ1) is 12.1. The van der Waals surface area contributed by atoms with Crippen LogP contribution >= 0.6 is 15.9 Å². The molecule has 0 aliphatic rings. The van der Waals surface area contributed by atoms with E-state index in [0.717, 1.165) is 12.1 Å². The van der Waals surface area contributed by atoms with E-state index in [0.29, 0.717) is 11.4 Å². The molecule has 1 aromatic rings. The first-order chi connectivity index (χ1) is 6.95. The van der Waals surface area contributed by atoms with Crippen LogP contribution in [0.15, 0.2) is 18.2 Å². The van der Waals surface area contributed by atoms with Gasteiger partial charge < -0.3 is 0 Å². The Labute approximate surface area is 92.4 Å². The molecular weight excluding hydrogens is 276 g/mol. The van der Waals surface area contributed by atoms with Gasteiger partial charge in [0.25, 0.3) is 0 Å². The van der Waals surface area contributed by atoms with Crippen LogP contribution in [-0.4, -0.2) is 5.33 Å². The molecule has 0 radical (unpaired) electrons. The minimum atomic E-state index is -4.66. The van der Waals surface area contributed by atoms with Crippen LogP contribution in [0.5, 0.6) is 0 Å². The largest absolute Gasteiger partial charge is 0.419 e. The van der Waals surface area contributed by atoms with Gasteiger partial charge in [-0.05, 0) is 18.2 Å². The highest BCUT2D eigenvalue weighted by atomic mass is 79.9. The standard InChI is InChI=1S/C10H5BrF4/c11-5-1-2-7-3-4-8(9(12)6-7)10(13,14)15/h3-4,6H,5H2. The van der Waals surface area contributed by atoms with Crippen molar-refractivity contribution in [2.75, 3.05) is 5.33 Å². The van der Waals surface area contributed by atoms with Crippen molar-refractivity contribution < 1.29 is 17.6 Å². The summed E-state index contributed by atoms with van der Waals surface area (Å²) in [7, 11) is 0. The Morgan fingerprint density at radius 3 is 2.40 bits per heavy atom. The smallest absolute Gasteiger partial charge is 0.206 e. The minimum Gasteiger partial charge on any atom is -0.206 e. The van der Waals surface area contributed by atoms with Gasteiger partial charge in [0, 0.05) is 5.56 Å². The number of hydrogen-bond donors (Lipinski definition) is 0. The Balaban J connectivity index is 3.09. The first-order valence-corrected chi connectivity index (χ1v) is 4.99. The molecule has 5 heteroatoms. The zero-order chi connectivity index (χ0) is 11.5. The quantitative estimate of drug-likeness (QED) is 0.387. The van der Waals surface area contributed by atoms with E-state index in [4.69, 9.17) is 0 Å². The van der Waals surface area contributed by atoms with Crippen molar-refractivity contribution in [3.63, 3.8) is 0 Å². The van der Waals surface area contributed by atoms with Gasteiger partial charge in [0.05, 0.1) is 10.9 Å². The number of rotatable bonds is 0. The van der Waals surface area contributed by atoms with Gasteiger partial charge in [-0.2, -0.15) is 13.2 Å². The van der Waals surface area contributed by atoms with Crippen molar-refractivity contribution in [1.82, 2.24) is 0 Å². The lowest BCUT2D eigenvalue weighted by molar-refractivity contribution is -0.140. The zero-order valence-electron chi connectivity index (χ0n) is 7.33. The highest BCUT2D eigenvalue weighted by Gasteiger charge is 2.33. The molecule has 0 saturated heterocycles. The number of alkyl halides is 4. The molecule has 0 nitrogen and oxygen atoms in total. The molecular formula is C10H5BrF4. The fourth-order valence-electron chi connectivity index (χ4n) is 0.958. The van der Waals surface area contributed by atoms with E-state index < -0.39 is 17.6 Å². The Morgan fingerprint density at radius 2 is 1.93 bits per heavy atom. The molecule has 0 atom stereocenters. The van der Waals surface area contributed by atoms with E-state index in [1.54, 1.807) is 0 Å². The highest BCUT2D eigenvalue weighted by molar-refractivity contribution is 9.09. The molecule has 0 aromatic heterocycles. The molecule has 0 bridgehead atoms. The molecule has 15 heavy (non-hydrogen) atoms. The third-order valence-corrected chi connectivity index (χ3v) is 1.85. The zero-order valence-corrected chi connectivity index (χ0v) is 8.91. The maximum atomic E-state index is 13.0. The number of benzene rings is 1. The van der Waals surface area contributed by atoms with Crippen LogP contribution < -0.4 is 0 Å². The van der Waals surface area contributed by atoms with Gasteiger partial charge in [0.1, 0.15) is 5.82 Å². The summed E-state index contributed by atoms with van der Waals surface area (Å²) in [6.07, 6.45) is -4.66. The summed E-state index contributed by atoms with van der Waals surface area (Å²) >= 11 is 3.02. The van der Waals surface area contributed by atoms with Gasteiger partial charge in [0.2, 0.25) is 0 Å². The summed E-state index contributed by atoms with van der Waals surface area (Å²) in [5.74, 6) is 3.78. The molecule has 80 valence electrons. The molecule has 0 N–H and O–H groups in total. The van der Waals surface area contributed by atoms with Crippen LogP contribution in [0.1, 0.15) is 11.1 Å². The Hall–Kier alpha value is -1.02. The molecule has 1 rings (SSSR count). The van der Waals surface area contributed by atoms with Gasteiger partial charge in [0.15, 0.2) is 0 Å². The summed E-state index contributed by atoms with van der Waals surface area (Å²) in [5.41, 5.74) is -1.05. The third-order valence-electron chi connectivity index (χ3n) is 1.57. The Kier molecular flexibility index (Phi) is 3.75. The predicted octanol–water partition coefficient (Wildman–Crippen LogP) is 3.59. The second kappa shape index (κ2) is 4.67. The third kappa shape index (κ3) is 3.24. The van der Waals surface area contributed by atoms with E-state index in [9.17, 15) is 17.6 Å². The fraction of sp³-hybridized carbons (Fsp3) is 0.200. The molecule has 0 amide bonds. The van der Waals surface area contributed by atoms with Crippen LogP contribution in [0.25, 0.3) is 0 Å². The molecule has 0 unspecified atom stereocenters. The SMILES string of the molecule is Fc1cc(C#CCBr)ccc1C(F)(F)F. The lowest BCUT2D eigenvalue weighted by Gasteiger charge is -2.07. The summed E-state index contributed by atoms with van der Waals surface area (Å²) in [6, 6.07) is 2.60. The van der Waals surface area contributed by atoms with Gasteiger partial charge in [-0.25, -0.2) is 4.39 Å². The van der Waals surface area contributed by atoms with Crippen molar-refractivity contribution in [3.05, 3.63) is 35.1 Å². The molecule has 0 aliphatic heterocycles. The highest BCUT2D eigenvalue weighted by Crippen LogP contribution is 2.31. The number of halogens is 5. The van der Waals surface area contributed by atoms with E-state index in [1.165, 1.54) is 0 Å².